The maximum Gasteiger partial charge on any atom is 0.238 e. The molecule has 1 aliphatic heterocycles. The predicted molar refractivity (Wildman–Crippen MR) is 156 cm³/mol. The van der Waals surface area contributed by atoms with Crippen LogP contribution >= 0.6 is 11.3 Å². The standard InChI is InChI=1S/C31H35N3O3S/c1-33(2)20-30(36)32-24-10-8-22(9-11-24)31-27(26-13-12-25(35)18-29(26)38-31)16-21-6-7-23(28(17-21)37-3)19-34-14-4-5-15-34/h6-13,17-18,35H,4-5,14-16,19-20H2,1-3H3,(H,32,36). The molecule has 3 aromatic carbocycles. The summed E-state index contributed by atoms with van der Waals surface area (Å²) in [6.07, 6.45) is 3.29. The number of carbonyl (C=O) groups is 1. The van der Waals surface area contributed by atoms with Crippen LogP contribution < -0.4 is 10.1 Å². The molecule has 4 aromatic rings. The van der Waals surface area contributed by atoms with Gasteiger partial charge in [0.2, 0.25) is 5.91 Å². The van der Waals surface area contributed by atoms with E-state index in [2.05, 4.69) is 40.5 Å². The number of carbonyl (C=O) groups excluding carboxylic acids is 1. The van der Waals surface area contributed by atoms with Gasteiger partial charge in [-0.3, -0.25) is 9.69 Å². The van der Waals surface area contributed by atoms with Crippen molar-refractivity contribution in [2.24, 2.45) is 0 Å². The van der Waals surface area contributed by atoms with E-state index in [1.807, 2.05) is 43.3 Å². The van der Waals surface area contributed by atoms with Crippen LogP contribution in [-0.4, -0.2) is 61.7 Å². The minimum atomic E-state index is -0.0390. The molecule has 1 amide bonds. The SMILES string of the molecule is COc1cc(Cc2c(-c3ccc(NC(=O)CN(C)C)cc3)sc3cc(O)ccc23)ccc1CN1CCCC1. The van der Waals surface area contributed by atoms with Crippen LogP contribution in [0, 0.1) is 0 Å². The first-order valence-corrected chi connectivity index (χ1v) is 13.9. The van der Waals surface area contributed by atoms with E-state index in [9.17, 15) is 9.90 Å². The summed E-state index contributed by atoms with van der Waals surface area (Å²) in [4.78, 5) is 17.7. The van der Waals surface area contributed by atoms with Crippen LogP contribution in [0.4, 0.5) is 5.69 Å². The van der Waals surface area contributed by atoms with Gasteiger partial charge in [0.25, 0.3) is 0 Å². The van der Waals surface area contributed by atoms with Gasteiger partial charge in [0.1, 0.15) is 11.5 Å². The highest BCUT2D eigenvalue weighted by Gasteiger charge is 2.18. The number of likely N-dealkylation sites (tertiary alicyclic amines) is 1. The lowest BCUT2D eigenvalue weighted by Gasteiger charge is -2.18. The van der Waals surface area contributed by atoms with Crippen LogP contribution in [0.25, 0.3) is 20.5 Å². The summed E-state index contributed by atoms with van der Waals surface area (Å²) in [5.41, 5.74) is 5.51. The number of anilines is 1. The molecule has 38 heavy (non-hydrogen) atoms. The quantitative estimate of drug-likeness (QED) is 0.280. The molecule has 7 heteroatoms. The van der Waals surface area contributed by atoms with Gasteiger partial charge in [-0.25, -0.2) is 0 Å². The predicted octanol–water partition coefficient (Wildman–Crippen LogP) is 5.97. The number of methoxy groups -OCH3 is 1. The zero-order valence-corrected chi connectivity index (χ0v) is 23.1. The molecule has 0 unspecified atom stereocenters. The lowest BCUT2D eigenvalue weighted by molar-refractivity contribution is -0.116. The van der Waals surface area contributed by atoms with Crippen molar-refractivity contribution in [3.05, 3.63) is 77.4 Å². The number of likely N-dealkylation sites (N-methyl/N-ethyl adjacent to an activating group) is 1. The molecule has 2 heterocycles. The summed E-state index contributed by atoms with van der Waals surface area (Å²) >= 11 is 1.68. The molecule has 198 valence electrons. The van der Waals surface area contributed by atoms with Crippen molar-refractivity contribution in [2.75, 3.05) is 46.2 Å². The summed E-state index contributed by atoms with van der Waals surface area (Å²) in [5.74, 6) is 1.16. The number of thiophene rings is 1. The Morgan fingerprint density at radius 2 is 1.82 bits per heavy atom. The van der Waals surface area contributed by atoms with Gasteiger partial charge in [-0.05, 0) is 105 Å². The van der Waals surface area contributed by atoms with Crippen molar-refractivity contribution in [3.8, 4) is 21.9 Å². The monoisotopic (exact) mass is 529 g/mol. The highest BCUT2D eigenvalue weighted by Crippen LogP contribution is 2.41. The molecule has 0 radical (unpaired) electrons. The molecule has 6 nitrogen and oxygen atoms in total. The minimum absolute atomic E-state index is 0.0390. The molecule has 0 bridgehead atoms. The number of rotatable bonds is 9. The van der Waals surface area contributed by atoms with Crippen molar-refractivity contribution in [2.45, 2.75) is 25.8 Å². The number of ether oxygens (including phenoxy) is 1. The molecule has 1 aromatic heterocycles. The maximum atomic E-state index is 12.2. The van der Waals surface area contributed by atoms with Crippen molar-refractivity contribution in [1.29, 1.82) is 0 Å². The van der Waals surface area contributed by atoms with Gasteiger partial charge in [-0.1, -0.05) is 24.3 Å². The lowest BCUT2D eigenvalue weighted by atomic mass is 9.97. The van der Waals surface area contributed by atoms with Crippen LogP contribution in [-0.2, 0) is 17.8 Å². The van der Waals surface area contributed by atoms with Gasteiger partial charge in [0, 0.05) is 27.4 Å². The summed E-state index contributed by atoms with van der Waals surface area (Å²) in [6.45, 7) is 3.57. The molecule has 1 aliphatic rings. The molecule has 0 saturated carbocycles. The maximum absolute atomic E-state index is 12.2. The van der Waals surface area contributed by atoms with E-state index >= 15 is 0 Å². The van der Waals surface area contributed by atoms with E-state index in [4.69, 9.17) is 4.74 Å². The Kier molecular flexibility index (Phi) is 7.98. The van der Waals surface area contributed by atoms with Crippen molar-refractivity contribution < 1.29 is 14.6 Å². The number of amides is 1. The van der Waals surface area contributed by atoms with E-state index in [0.29, 0.717) is 6.54 Å². The minimum Gasteiger partial charge on any atom is -0.508 e. The Morgan fingerprint density at radius 1 is 1.05 bits per heavy atom. The van der Waals surface area contributed by atoms with Gasteiger partial charge >= 0.3 is 0 Å². The average molecular weight is 530 g/mol. The van der Waals surface area contributed by atoms with Crippen LogP contribution in [0.3, 0.4) is 0 Å². The number of benzene rings is 3. The van der Waals surface area contributed by atoms with E-state index in [0.717, 1.165) is 58.0 Å². The zero-order chi connectivity index (χ0) is 26.6. The van der Waals surface area contributed by atoms with Crippen molar-refractivity contribution in [3.63, 3.8) is 0 Å². The summed E-state index contributed by atoms with van der Waals surface area (Å²) in [6, 6.07) is 20.2. The number of nitrogens with one attached hydrogen (secondary N) is 1. The third-order valence-electron chi connectivity index (χ3n) is 6.99. The smallest absolute Gasteiger partial charge is 0.238 e. The highest BCUT2D eigenvalue weighted by atomic mass is 32.1. The molecule has 1 saturated heterocycles. The number of phenolic OH excluding ortho intramolecular Hbond substituents is 1. The first kappa shape index (κ1) is 26.2. The third kappa shape index (κ3) is 6.01. The zero-order valence-electron chi connectivity index (χ0n) is 22.3. The lowest BCUT2D eigenvalue weighted by Crippen LogP contribution is -2.27. The number of hydrogen-bond acceptors (Lipinski definition) is 6. The fourth-order valence-corrected chi connectivity index (χ4v) is 6.42. The molecule has 0 atom stereocenters. The average Bonchev–Trinajstić information content (AvgIpc) is 3.52. The van der Waals surface area contributed by atoms with Crippen LogP contribution in [0.2, 0.25) is 0 Å². The molecule has 0 spiro atoms. The first-order chi connectivity index (χ1) is 18.4. The summed E-state index contributed by atoms with van der Waals surface area (Å²) in [7, 11) is 5.50. The number of hydrogen-bond donors (Lipinski definition) is 2. The Morgan fingerprint density at radius 3 is 2.53 bits per heavy atom. The Bertz CT molecular complexity index is 1420. The largest absolute Gasteiger partial charge is 0.508 e. The second-order valence-corrected chi connectivity index (χ2v) is 11.3. The van der Waals surface area contributed by atoms with Crippen molar-refractivity contribution in [1.82, 2.24) is 9.80 Å². The van der Waals surface area contributed by atoms with Gasteiger partial charge in [-0.2, -0.15) is 0 Å². The van der Waals surface area contributed by atoms with Crippen LogP contribution in [0.5, 0.6) is 11.5 Å². The van der Waals surface area contributed by atoms with Crippen LogP contribution in [0.15, 0.2) is 60.7 Å². The fraction of sp³-hybridized carbons (Fsp3) is 0.323. The summed E-state index contributed by atoms with van der Waals surface area (Å²) in [5, 5.41) is 14.2. The number of nitrogens with zero attached hydrogens (tertiary/aromatic N) is 2. The Labute approximate surface area is 228 Å². The van der Waals surface area contributed by atoms with Crippen LogP contribution in [0.1, 0.15) is 29.5 Å². The van der Waals surface area contributed by atoms with E-state index < -0.39 is 0 Å². The third-order valence-corrected chi connectivity index (χ3v) is 8.24. The van der Waals surface area contributed by atoms with Gasteiger partial charge in [-0.15, -0.1) is 11.3 Å². The fourth-order valence-electron chi connectivity index (χ4n) is 5.16. The molecule has 1 fully saturated rings. The second-order valence-electron chi connectivity index (χ2n) is 10.3. The molecular formula is C31H35N3O3S. The summed E-state index contributed by atoms with van der Waals surface area (Å²) < 4.78 is 6.86. The first-order valence-electron chi connectivity index (χ1n) is 13.1. The number of phenols is 1. The molecular weight excluding hydrogens is 494 g/mol. The molecule has 5 rings (SSSR count). The second kappa shape index (κ2) is 11.6. The molecule has 2 N–H and O–H groups in total. The topological polar surface area (TPSA) is 65.0 Å². The van der Waals surface area contributed by atoms with E-state index in [1.54, 1.807) is 24.5 Å². The van der Waals surface area contributed by atoms with E-state index in [-0.39, 0.29) is 11.7 Å². The van der Waals surface area contributed by atoms with Gasteiger partial charge in [0.15, 0.2) is 0 Å². The Balaban J connectivity index is 1.45. The van der Waals surface area contributed by atoms with E-state index in [1.165, 1.54) is 29.5 Å². The number of fused-ring (bicyclic) bond motifs is 1. The number of aromatic hydroxyl groups is 1. The molecule has 0 aliphatic carbocycles. The normalized spacial score (nSPS) is 13.9. The van der Waals surface area contributed by atoms with Crippen molar-refractivity contribution >= 4 is 33.0 Å². The van der Waals surface area contributed by atoms with Gasteiger partial charge < -0.3 is 20.1 Å². The van der Waals surface area contributed by atoms with Gasteiger partial charge in [0.05, 0.1) is 13.7 Å². The Hall–Kier alpha value is -3.39. The highest BCUT2D eigenvalue weighted by molar-refractivity contribution is 7.22.